The van der Waals surface area contributed by atoms with Crippen LogP contribution in [0.3, 0.4) is 0 Å². The first-order chi connectivity index (χ1) is 13.2. The highest BCUT2D eigenvalue weighted by molar-refractivity contribution is 9.10. The van der Waals surface area contributed by atoms with E-state index in [-0.39, 0.29) is 0 Å². The molecule has 1 saturated carbocycles. The Morgan fingerprint density at radius 2 is 1.89 bits per heavy atom. The molecule has 1 aliphatic heterocycles. The number of thiophene rings is 1. The fourth-order valence-electron chi connectivity index (χ4n) is 5.66. The Kier molecular flexibility index (Phi) is 4.31. The van der Waals surface area contributed by atoms with E-state index in [1.807, 2.05) is 0 Å². The molecule has 3 aromatic rings. The average Bonchev–Trinajstić information content (AvgIpc) is 3.12. The van der Waals surface area contributed by atoms with Crippen LogP contribution in [-0.4, -0.2) is 22.6 Å². The normalized spacial score (nSPS) is 26.2. The van der Waals surface area contributed by atoms with Gasteiger partial charge in [-0.2, -0.15) is 4.98 Å². The van der Waals surface area contributed by atoms with Gasteiger partial charge in [-0.1, -0.05) is 48.8 Å². The summed E-state index contributed by atoms with van der Waals surface area (Å²) in [5, 5.41) is 3.68. The molecule has 6 heteroatoms. The Balaban J connectivity index is 1.67. The van der Waals surface area contributed by atoms with Crippen molar-refractivity contribution < 1.29 is 0 Å². The van der Waals surface area contributed by atoms with E-state index in [9.17, 15) is 0 Å². The van der Waals surface area contributed by atoms with Crippen LogP contribution < -0.4 is 4.90 Å². The summed E-state index contributed by atoms with van der Waals surface area (Å²) in [5.41, 5.74) is 3.09. The first-order valence-corrected chi connectivity index (χ1v) is 11.8. The van der Waals surface area contributed by atoms with Crippen molar-refractivity contribution in [2.75, 3.05) is 11.4 Å². The number of hydrogen-bond donors (Lipinski definition) is 0. The van der Waals surface area contributed by atoms with Crippen LogP contribution in [-0.2, 0) is 0 Å². The summed E-state index contributed by atoms with van der Waals surface area (Å²) >= 11 is 11.5. The van der Waals surface area contributed by atoms with Crippen LogP contribution >= 0.6 is 38.9 Å². The molecule has 146 valence electrons. The zero-order valence-corrected chi connectivity index (χ0v) is 19.5. The molecule has 2 aromatic heterocycles. The van der Waals surface area contributed by atoms with Crippen LogP contribution in [0.1, 0.15) is 40.0 Å². The van der Waals surface area contributed by atoms with Gasteiger partial charge in [0.1, 0.15) is 10.6 Å². The lowest BCUT2D eigenvalue weighted by atomic mass is 9.65. The Morgan fingerprint density at radius 1 is 1.14 bits per heavy atom. The van der Waals surface area contributed by atoms with Crippen molar-refractivity contribution in [3.8, 4) is 11.1 Å². The van der Waals surface area contributed by atoms with Crippen LogP contribution in [0.25, 0.3) is 21.3 Å². The zero-order valence-electron chi connectivity index (χ0n) is 16.3. The smallest absolute Gasteiger partial charge is 0.225 e. The standard InChI is InChI=1S/C22H23BrClN3S/c1-21(2)8-15-9-22(3,11-21)12-27(15)18-17-16(13-4-6-14(23)7-5-13)10-28-19(17)26-20(24)25-18/h4-7,10,15H,8-9,11-12H2,1-3H3. The molecule has 3 heterocycles. The van der Waals surface area contributed by atoms with Gasteiger partial charge >= 0.3 is 0 Å². The summed E-state index contributed by atoms with van der Waals surface area (Å²) < 4.78 is 1.08. The molecular formula is C22H23BrClN3S. The van der Waals surface area contributed by atoms with Gasteiger partial charge in [-0.15, -0.1) is 11.3 Å². The molecule has 5 rings (SSSR count). The maximum atomic E-state index is 6.36. The lowest BCUT2D eigenvalue weighted by Crippen LogP contribution is -2.35. The molecule has 2 atom stereocenters. The van der Waals surface area contributed by atoms with E-state index in [4.69, 9.17) is 16.6 Å². The van der Waals surface area contributed by atoms with Crippen LogP contribution in [0, 0.1) is 10.8 Å². The highest BCUT2D eigenvalue weighted by atomic mass is 79.9. The Hall–Kier alpha value is -1.17. The van der Waals surface area contributed by atoms with Gasteiger partial charge in [0.15, 0.2) is 0 Å². The molecule has 0 N–H and O–H groups in total. The van der Waals surface area contributed by atoms with E-state index in [0.717, 1.165) is 27.1 Å². The Bertz CT molecular complexity index is 1060. The van der Waals surface area contributed by atoms with Gasteiger partial charge in [0.25, 0.3) is 0 Å². The van der Waals surface area contributed by atoms with Crippen molar-refractivity contribution >= 4 is 54.9 Å². The van der Waals surface area contributed by atoms with Crippen LogP contribution in [0.15, 0.2) is 34.1 Å². The van der Waals surface area contributed by atoms with Gasteiger partial charge in [0, 0.05) is 28.0 Å². The highest BCUT2D eigenvalue weighted by Gasteiger charge is 2.50. The molecule has 0 spiro atoms. The quantitative estimate of drug-likeness (QED) is 0.367. The monoisotopic (exact) mass is 475 g/mol. The topological polar surface area (TPSA) is 29.0 Å². The van der Waals surface area contributed by atoms with Gasteiger partial charge in [0.05, 0.1) is 5.39 Å². The second-order valence-corrected chi connectivity index (χ2v) is 11.6. The minimum absolute atomic E-state index is 0.337. The van der Waals surface area contributed by atoms with Crippen molar-refractivity contribution in [3.05, 3.63) is 39.4 Å². The van der Waals surface area contributed by atoms with E-state index >= 15 is 0 Å². The van der Waals surface area contributed by atoms with Crippen molar-refractivity contribution in [2.24, 2.45) is 10.8 Å². The second-order valence-electron chi connectivity index (χ2n) is 9.49. The maximum Gasteiger partial charge on any atom is 0.225 e. The largest absolute Gasteiger partial charge is 0.352 e. The third-order valence-corrected chi connectivity index (χ3v) is 7.80. The number of fused-ring (bicyclic) bond motifs is 3. The fourth-order valence-corrected chi connectivity index (χ4v) is 7.08. The third kappa shape index (κ3) is 3.16. The Morgan fingerprint density at radius 3 is 2.64 bits per heavy atom. The lowest BCUT2D eigenvalue weighted by molar-refractivity contribution is 0.136. The van der Waals surface area contributed by atoms with Gasteiger partial charge in [-0.3, -0.25) is 0 Å². The number of halogens is 2. The van der Waals surface area contributed by atoms with Crippen molar-refractivity contribution in [1.29, 1.82) is 0 Å². The molecule has 1 aromatic carbocycles. The first kappa shape index (κ1) is 18.8. The van der Waals surface area contributed by atoms with E-state index in [1.165, 1.54) is 30.4 Å². The average molecular weight is 477 g/mol. The minimum Gasteiger partial charge on any atom is -0.352 e. The molecule has 0 amide bonds. The maximum absolute atomic E-state index is 6.36. The minimum atomic E-state index is 0.337. The van der Waals surface area contributed by atoms with E-state index in [0.29, 0.717) is 22.2 Å². The zero-order chi connectivity index (χ0) is 19.7. The predicted octanol–water partition coefficient (Wildman–Crippen LogP) is 7.18. The van der Waals surface area contributed by atoms with Crippen molar-refractivity contribution in [1.82, 2.24) is 9.97 Å². The predicted molar refractivity (Wildman–Crippen MR) is 122 cm³/mol. The van der Waals surface area contributed by atoms with Gasteiger partial charge in [0.2, 0.25) is 5.28 Å². The second kappa shape index (κ2) is 6.41. The fraction of sp³-hybridized carbons (Fsp3) is 0.455. The number of hydrogen-bond acceptors (Lipinski definition) is 4. The SMILES string of the molecule is CC1(C)CC2CC(C)(CN2c2nc(Cl)nc3scc(-c4ccc(Br)cc4)c23)C1. The molecule has 28 heavy (non-hydrogen) atoms. The Labute approximate surface area is 183 Å². The molecule has 2 unspecified atom stereocenters. The summed E-state index contributed by atoms with van der Waals surface area (Å²) in [5.74, 6) is 1.01. The van der Waals surface area contributed by atoms with E-state index in [1.54, 1.807) is 11.3 Å². The summed E-state index contributed by atoms with van der Waals surface area (Å²) in [6.45, 7) is 8.28. The van der Waals surface area contributed by atoms with Crippen LogP contribution in [0.5, 0.6) is 0 Å². The highest BCUT2D eigenvalue weighted by Crippen LogP contribution is 2.54. The summed E-state index contributed by atoms with van der Waals surface area (Å²) in [6.07, 6.45) is 3.69. The number of benzene rings is 1. The summed E-state index contributed by atoms with van der Waals surface area (Å²) in [4.78, 5) is 12.8. The third-order valence-electron chi connectivity index (χ3n) is 6.23. The van der Waals surface area contributed by atoms with E-state index < -0.39 is 0 Å². The molecule has 2 aliphatic rings. The van der Waals surface area contributed by atoms with E-state index in [2.05, 4.69) is 76.2 Å². The van der Waals surface area contributed by atoms with Crippen LogP contribution in [0.2, 0.25) is 5.28 Å². The molecular weight excluding hydrogens is 454 g/mol. The number of rotatable bonds is 2. The molecule has 2 bridgehead atoms. The van der Waals surface area contributed by atoms with Crippen molar-refractivity contribution in [3.63, 3.8) is 0 Å². The summed E-state index contributed by atoms with van der Waals surface area (Å²) in [7, 11) is 0. The van der Waals surface area contributed by atoms with Gasteiger partial charge in [-0.25, -0.2) is 4.98 Å². The molecule has 1 saturated heterocycles. The molecule has 2 fully saturated rings. The number of aromatic nitrogens is 2. The summed E-state index contributed by atoms with van der Waals surface area (Å²) in [6, 6.07) is 8.98. The lowest BCUT2D eigenvalue weighted by Gasteiger charge is -2.39. The first-order valence-electron chi connectivity index (χ1n) is 9.70. The molecule has 3 nitrogen and oxygen atoms in total. The number of anilines is 1. The van der Waals surface area contributed by atoms with Crippen molar-refractivity contribution in [2.45, 2.75) is 46.1 Å². The molecule has 0 radical (unpaired) electrons. The molecule has 1 aliphatic carbocycles. The van der Waals surface area contributed by atoms with Gasteiger partial charge < -0.3 is 4.90 Å². The van der Waals surface area contributed by atoms with Crippen LogP contribution in [0.4, 0.5) is 5.82 Å². The van der Waals surface area contributed by atoms with Gasteiger partial charge in [-0.05, 0) is 59.4 Å². The number of nitrogens with zero attached hydrogens (tertiary/aromatic N) is 3.